The number of halogens is 1. The first-order valence-electron chi connectivity index (χ1n) is 7.66. The van der Waals surface area contributed by atoms with E-state index in [2.05, 4.69) is 10.3 Å². The lowest BCUT2D eigenvalue weighted by atomic mass is 10.1. The molecule has 0 aliphatic rings. The van der Waals surface area contributed by atoms with Crippen LogP contribution < -0.4 is 0 Å². The van der Waals surface area contributed by atoms with Crippen LogP contribution in [0.1, 0.15) is 16.8 Å². The quantitative estimate of drug-likeness (QED) is 0.530. The van der Waals surface area contributed by atoms with Crippen molar-refractivity contribution in [1.29, 1.82) is 0 Å². The molecule has 0 saturated carbocycles. The third kappa shape index (κ3) is 4.17. The Bertz CT molecular complexity index is 904. The molecule has 126 valence electrons. The summed E-state index contributed by atoms with van der Waals surface area (Å²) >= 11 is 0. The fourth-order valence-electron chi connectivity index (χ4n) is 2.38. The number of methoxy groups -OCH3 is 1. The van der Waals surface area contributed by atoms with Gasteiger partial charge in [0, 0.05) is 0 Å². The largest absolute Gasteiger partial charge is 0.465 e. The summed E-state index contributed by atoms with van der Waals surface area (Å²) in [7, 11) is 1.32. The number of esters is 1. The van der Waals surface area contributed by atoms with Gasteiger partial charge >= 0.3 is 5.97 Å². The highest BCUT2D eigenvalue weighted by atomic mass is 19.1. The minimum absolute atomic E-state index is 0.305. The van der Waals surface area contributed by atoms with Gasteiger partial charge in [-0.3, -0.25) is 0 Å². The van der Waals surface area contributed by atoms with Gasteiger partial charge in [-0.15, -0.1) is 5.10 Å². The van der Waals surface area contributed by atoms with E-state index in [-0.39, 0.29) is 5.82 Å². The van der Waals surface area contributed by atoms with Crippen molar-refractivity contribution in [2.24, 2.45) is 0 Å². The average molecular weight is 337 g/mol. The van der Waals surface area contributed by atoms with Gasteiger partial charge in [-0.1, -0.05) is 47.7 Å². The fourth-order valence-corrected chi connectivity index (χ4v) is 2.38. The minimum atomic E-state index is -0.498. The summed E-state index contributed by atoms with van der Waals surface area (Å²) in [5, 5.41) is 8.07. The van der Waals surface area contributed by atoms with Gasteiger partial charge in [0.15, 0.2) is 0 Å². The first-order chi connectivity index (χ1) is 12.2. The molecule has 0 aliphatic heterocycles. The molecule has 0 saturated heterocycles. The number of nitrogens with zero attached hydrogens (tertiary/aromatic N) is 3. The molecule has 0 bridgehead atoms. The molecule has 2 aromatic carbocycles. The van der Waals surface area contributed by atoms with E-state index in [9.17, 15) is 9.18 Å². The van der Waals surface area contributed by atoms with E-state index in [0.29, 0.717) is 17.8 Å². The number of hydrogen-bond acceptors (Lipinski definition) is 4. The maximum absolute atomic E-state index is 13.3. The SMILES string of the molecule is COC(=O)C(=Cc1ccccc1)c1cn(Cc2cccc(F)c2)nn1. The van der Waals surface area contributed by atoms with E-state index in [0.717, 1.165) is 11.1 Å². The number of hydrogen-bond donors (Lipinski definition) is 0. The van der Waals surface area contributed by atoms with Crippen molar-refractivity contribution in [3.8, 4) is 0 Å². The molecule has 6 heteroatoms. The van der Waals surface area contributed by atoms with Crippen molar-refractivity contribution >= 4 is 17.6 Å². The maximum Gasteiger partial charge on any atom is 0.340 e. The number of ether oxygens (including phenoxy) is 1. The molecular formula is C19H16FN3O2. The van der Waals surface area contributed by atoms with Gasteiger partial charge in [-0.25, -0.2) is 13.9 Å². The van der Waals surface area contributed by atoms with E-state index in [1.54, 1.807) is 29.1 Å². The second-order valence-electron chi connectivity index (χ2n) is 5.39. The lowest BCUT2D eigenvalue weighted by Crippen LogP contribution is -2.04. The summed E-state index contributed by atoms with van der Waals surface area (Å²) < 4.78 is 19.7. The van der Waals surface area contributed by atoms with Gasteiger partial charge in [-0.2, -0.15) is 0 Å². The van der Waals surface area contributed by atoms with Gasteiger partial charge in [0.1, 0.15) is 11.5 Å². The summed E-state index contributed by atoms with van der Waals surface area (Å²) in [6.45, 7) is 0.352. The van der Waals surface area contributed by atoms with Gasteiger partial charge in [0.25, 0.3) is 0 Å². The molecule has 1 heterocycles. The summed E-state index contributed by atoms with van der Waals surface area (Å²) in [5.41, 5.74) is 2.30. The molecule has 0 unspecified atom stereocenters. The molecule has 0 amide bonds. The lowest BCUT2D eigenvalue weighted by Gasteiger charge is -2.03. The zero-order valence-electron chi connectivity index (χ0n) is 13.6. The second kappa shape index (κ2) is 7.53. The molecule has 1 aromatic heterocycles. The standard InChI is InChI=1S/C19H16FN3O2/c1-25-19(24)17(11-14-6-3-2-4-7-14)18-13-23(22-21-18)12-15-8-5-9-16(20)10-15/h2-11,13H,12H2,1H3. The molecule has 0 radical (unpaired) electrons. The molecule has 0 fully saturated rings. The van der Waals surface area contributed by atoms with E-state index in [1.165, 1.54) is 19.2 Å². The fraction of sp³-hybridized carbons (Fsp3) is 0.105. The summed E-state index contributed by atoms with van der Waals surface area (Å²) in [5.74, 6) is -0.807. The highest BCUT2D eigenvalue weighted by Crippen LogP contribution is 2.18. The predicted molar refractivity (Wildman–Crippen MR) is 91.9 cm³/mol. The van der Waals surface area contributed by atoms with Crippen LogP contribution >= 0.6 is 0 Å². The minimum Gasteiger partial charge on any atom is -0.465 e. The van der Waals surface area contributed by atoms with Crippen molar-refractivity contribution in [2.75, 3.05) is 7.11 Å². The van der Waals surface area contributed by atoms with Crippen LogP contribution in [0.2, 0.25) is 0 Å². The first kappa shape index (κ1) is 16.6. The van der Waals surface area contributed by atoms with Gasteiger partial charge in [0.2, 0.25) is 0 Å². The van der Waals surface area contributed by atoms with Gasteiger partial charge < -0.3 is 4.74 Å². The van der Waals surface area contributed by atoms with Crippen LogP contribution in [-0.2, 0) is 16.1 Å². The molecular weight excluding hydrogens is 321 g/mol. The Morgan fingerprint density at radius 1 is 1.20 bits per heavy atom. The summed E-state index contributed by atoms with van der Waals surface area (Å²) in [6.07, 6.45) is 3.33. The smallest absolute Gasteiger partial charge is 0.340 e. The topological polar surface area (TPSA) is 57.0 Å². The van der Waals surface area contributed by atoms with Gasteiger partial charge in [0.05, 0.1) is 25.4 Å². The van der Waals surface area contributed by atoms with E-state index < -0.39 is 5.97 Å². The van der Waals surface area contributed by atoms with Crippen molar-refractivity contribution in [3.63, 3.8) is 0 Å². The van der Waals surface area contributed by atoms with Crippen LogP contribution in [0.25, 0.3) is 11.6 Å². The van der Waals surface area contributed by atoms with Crippen molar-refractivity contribution in [2.45, 2.75) is 6.54 Å². The van der Waals surface area contributed by atoms with Crippen LogP contribution in [0.4, 0.5) is 4.39 Å². The highest BCUT2D eigenvalue weighted by molar-refractivity contribution is 6.20. The molecule has 3 rings (SSSR count). The highest BCUT2D eigenvalue weighted by Gasteiger charge is 2.16. The van der Waals surface area contributed by atoms with E-state index in [4.69, 9.17) is 4.74 Å². The molecule has 0 aliphatic carbocycles. The molecule has 3 aromatic rings. The van der Waals surface area contributed by atoms with Crippen LogP contribution in [0, 0.1) is 5.82 Å². The average Bonchev–Trinajstić information content (AvgIpc) is 3.08. The zero-order valence-corrected chi connectivity index (χ0v) is 13.6. The van der Waals surface area contributed by atoms with E-state index >= 15 is 0 Å². The molecule has 0 spiro atoms. The van der Waals surface area contributed by atoms with Gasteiger partial charge in [-0.05, 0) is 29.3 Å². The Morgan fingerprint density at radius 3 is 2.72 bits per heavy atom. The van der Waals surface area contributed by atoms with E-state index in [1.807, 2.05) is 30.3 Å². The third-order valence-electron chi connectivity index (χ3n) is 3.56. The van der Waals surface area contributed by atoms with Crippen molar-refractivity contribution in [1.82, 2.24) is 15.0 Å². The second-order valence-corrected chi connectivity index (χ2v) is 5.39. The predicted octanol–water partition coefficient (Wildman–Crippen LogP) is 3.18. The Hall–Kier alpha value is -3.28. The normalized spacial score (nSPS) is 11.4. The summed E-state index contributed by atoms with van der Waals surface area (Å²) in [4.78, 5) is 12.1. The number of carbonyl (C=O) groups excluding carboxylic acids is 1. The molecule has 5 nitrogen and oxygen atoms in total. The van der Waals surface area contributed by atoms with Crippen molar-refractivity contribution in [3.05, 3.63) is 83.4 Å². The number of rotatable bonds is 5. The number of aromatic nitrogens is 3. The Balaban J connectivity index is 1.89. The van der Waals surface area contributed by atoms with Crippen LogP contribution in [0.3, 0.4) is 0 Å². The Labute approximate surface area is 144 Å². The third-order valence-corrected chi connectivity index (χ3v) is 3.56. The zero-order chi connectivity index (χ0) is 17.6. The maximum atomic E-state index is 13.3. The molecule has 0 atom stereocenters. The lowest BCUT2D eigenvalue weighted by molar-refractivity contribution is -0.133. The first-order valence-corrected chi connectivity index (χ1v) is 7.66. The molecule has 25 heavy (non-hydrogen) atoms. The Morgan fingerprint density at radius 2 is 2.00 bits per heavy atom. The van der Waals surface area contributed by atoms with Crippen LogP contribution in [-0.4, -0.2) is 28.1 Å². The monoisotopic (exact) mass is 337 g/mol. The van der Waals surface area contributed by atoms with Crippen LogP contribution in [0.5, 0.6) is 0 Å². The van der Waals surface area contributed by atoms with Crippen molar-refractivity contribution < 1.29 is 13.9 Å². The summed E-state index contributed by atoms with van der Waals surface area (Å²) in [6, 6.07) is 15.6. The molecule has 0 N–H and O–H groups in total. The van der Waals surface area contributed by atoms with Crippen LogP contribution in [0.15, 0.2) is 60.8 Å². The Kier molecular flexibility index (Phi) is 4.99. The number of carbonyl (C=O) groups is 1. The number of benzene rings is 2.